The topological polar surface area (TPSA) is 90.1 Å². The van der Waals surface area contributed by atoms with E-state index in [1.165, 1.54) is 17.5 Å². The number of aryl methyl sites for hydroxylation is 2. The van der Waals surface area contributed by atoms with E-state index >= 15 is 0 Å². The summed E-state index contributed by atoms with van der Waals surface area (Å²) in [5, 5.41) is 18.0. The van der Waals surface area contributed by atoms with Gasteiger partial charge in [0.25, 0.3) is 5.91 Å². The molecule has 1 amide bonds. The number of hydrogen-bond acceptors (Lipinski definition) is 4. The molecule has 0 radical (unpaired) electrons. The molecule has 0 aliphatic heterocycles. The molecule has 1 aliphatic rings. The number of carbonyl (C=O) groups excluding carboxylic acids is 1. The molecule has 0 bridgehead atoms. The monoisotopic (exact) mass is 280 g/mol. The molecule has 1 N–H and O–H groups in total. The maximum Gasteiger partial charge on any atom is 0.322 e. The minimum absolute atomic E-state index is 0.0387. The average Bonchev–Trinajstić information content (AvgIpc) is 2.54. The third-order valence-electron chi connectivity index (χ3n) is 3.78. The Kier molecular flexibility index (Phi) is 4.36. The third-order valence-corrected chi connectivity index (χ3v) is 3.78. The Morgan fingerprint density at radius 3 is 2.50 bits per heavy atom. The summed E-state index contributed by atoms with van der Waals surface area (Å²) < 4.78 is 1.29. The fourth-order valence-electron chi connectivity index (χ4n) is 2.80. The Balaban J connectivity index is 2.18. The van der Waals surface area contributed by atoms with Crippen LogP contribution in [0.25, 0.3) is 0 Å². The quantitative estimate of drug-likeness (QED) is 0.521. The van der Waals surface area contributed by atoms with Crippen molar-refractivity contribution >= 4 is 11.6 Å². The molecule has 1 aliphatic carbocycles. The first-order valence-corrected chi connectivity index (χ1v) is 6.99. The Morgan fingerprint density at radius 2 is 1.95 bits per heavy atom. The summed E-state index contributed by atoms with van der Waals surface area (Å²) in [5.41, 5.74) is 0.110. The molecule has 1 aromatic rings. The van der Waals surface area contributed by atoms with Crippen LogP contribution in [0.2, 0.25) is 0 Å². The van der Waals surface area contributed by atoms with Crippen LogP contribution in [0.4, 0.5) is 5.69 Å². The van der Waals surface area contributed by atoms with Gasteiger partial charge in [-0.3, -0.25) is 19.6 Å². The lowest BCUT2D eigenvalue weighted by molar-refractivity contribution is -0.385. The highest BCUT2D eigenvalue weighted by molar-refractivity contribution is 5.97. The zero-order valence-electron chi connectivity index (χ0n) is 11.9. The molecule has 2 rings (SSSR count). The number of carbonyl (C=O) groups is 1. The molecule has 1 aromatic heterocycles. The molecule has 1 fully saturated rings. The van der Waals surface area contributed by atoms with Gasteiger partial charge in [0, 0.05) is 13.1 Å². The Hall–Kier alpha value is -1.92. The van der Waals surface area contributed by atoms with Crippen LogP contribution < -0.4 is 5.32 Å². The van der Waals surface area contributed by atoms with E-state index < -0.39 is 10.8 Å². The van der Waals surface area contributed by atoms with Crippen LogP contribution in [0, 0.1) is 17.0 Å². The van der Waals surface area contributed by atoms with E-state index in [9.17, 15) is 14.9 Å². The van der Waals surface area contributed by atoms with Gasteiger partial charge in [0.1, 0.15) is 5.69 Å². The first-order chi connectivity index (χ1) is 9.50. The number of rotatable bonds is 3. The van der Waals surface area contributed by atoms with Crippen LogP contribution in [0.15, 0.2) is 0 Å². The SMILES string of the molecule is Cc1nn(C)c(C(=O)NC2CCCCCC2)c1[N+](=O)[O-]. The Morgan fingerprint density at radius 1 is 1.35 bits per heavy atom. The normalized spacial score (nSPS) is 16.7. The zero-order valence-corrected chi connectivity index (χ0v) is 11.9. The number of nitrogens with one attached hydrogen (secondary N) is 1. The van der Waals surface area contributed by atoms with Gasteiger partial charge in [0.2, 0.25) is 5.69 Å². The number of amides is 1. The van der Waals surface area contributed by atoms with Crippen molar-refractivity contribution in [3.63, 3.8) is 0 Å². The van der Waals surface area contributed by atoms with Crippen molar-refractivity contribution in [2.75, 3.05) is 0 Å². The molecule has 0 aromatic carbocycles. The minimum Gasteiger partial charge on any atom is -0.348 e. The van der Waals surface area contributed by atoms with Crippen molar-refractivity contribution in [2.45, 2.75) is 51.5 Å². The second kappa shape index (κ2) is 6.02. The van der Waals surface area contributed by atoms with Gasteiger partial charge in [-0.1, -0.05) is 25.7 Å². The van der Waals surface area contributed by atoms with E-state index in [1.54, 1.807) is 14.0 Å². The van der Waals surface area contributed by atoms with Crippen LogP contribution in [0.5, 0.6) is 0 Å². The Bertz CT molecular complexity index is 516. The molecule has 0 saturated heterocycles. The highest BCUT2D eigenvalue weighted by atomic mass is 16.6. The van der Waals surface area contributed by atoms with Crippen molar-refractivity contribution in [2.24, 2.45) is 7.05 Å². The van der Waals surface area contributed by atoms with Crippen LogP contribution >= 0.6 is 0 Å². The maximum absolute atomic E-state index is 12.3. The van der Waals surface area contributed by atoms with Crippen molar-refractivity contribution in [3.05, 3.63) is 21.5 Å². The summed E-state index contributed by atoms with van der Waals surface area (Å²) in [5.74, 6) is -0.397. The van der Waals surface area contributed by atoms with Crippen LogP contribution in [0.3, 0.4) is 0 Å². The lowest BCUT2D eigenvalue weighted by Gasteiger charge is -2.15. The van der Waals surface area contributed by atoms with E-state index in [-0.39, 0.29) is 23.1 Å². The zero-order chi connectivity index (χ0) is 14.7. The van der Waals surface area contributed by atoms with Gasteiger partial charge in [-0.05, 0) is 19.8 Å². The predicted octanol–water partition coefficient (Wildman–Crippen LogP) is 2.09. The molecule has 1 heterocycles. The molecule has 0 unspecified atom stereocenters. The van der Waals surface area contributed by atoms with Crippen molar-refractivity contribution in [1.29, 1.82) is 0 Å². The van der Waals surface area contributed by atoms with Crippen molar-refractivity contribution < 1.29 is 9.72 Å². The molecule has 110 valence electrons. The molecule has 7 heteroatoms. The van der Waals surface area contributed by atoms with Crippen LogP contribution in [0.1, 0.15) is 54.7 Å². The van der Waals surface area contributed by atoms with Gasteiger partial charge in [-0.2, -0.15) is 5.10 Å². The van der Waals surface area contributed by atoms with E-state index in [0.29, 0.717) is 0 Å². The summed E-state index contributed by atoms with van der Waals surface area (Å²) in [4.78, 5) is 22.9. The summed E-state index contributed by atoms with van der Waals surface area (Å²) in [7, 11) is 1.56. The van der Waals surface area contributed by atoms with Gasteiger partial charge in [-0.15, -0.1) is 0 Å². The lowest BCUT2D eigenvalue weighted by atomic mass is 10.1. The highest BCUT2D eigenvalue weighted by Crippen LogP contribution is 2.23. The van der Waals surface area contributed by atoms with Gasteiger partial charge < -0.3 is 5.32 Å². The standard InChI is InChI=1S/C13H20N4O3/c1-9-11(17(19)20)12(16(2)15-9)13(18)14-10-7-5-3-4-6-8-10/h10H,3-8H2,1-2H3,(H,14,18). The van der Waals surface area contributed by atoms with Crippen LogP contribution in [-0.4, -0.2) is 26.7 Å². The second-order valence-corrected chi connectivity index (χ2v) is 5.33. The molecule has 20 heavy (non-hydrogen) atoms. The summed E-state index contributed by atoms with van der Waals surface area (Å²) in [6.45, 7) is 1.54. The summed E-state index contributed by atoms with van der Waals surface area (Å²) in [6.07, 6.45) is 6.45. The third kappa shape index (κ3) is 2.97. The molecule has 0 spiro atoms. The molecule has 1 saturated carbocycles. The van der Waals surface area contributed by atoms with Crippen molar-refractivity contribution in [3.8, 4) is 0 Å². The number of hydrogen-bond donors (Lipinski definition) is 1. The summed E-state index contributed by atoms with van der Waals surface area (Å²) in [6, 6.07) is 0.111. The fraction of sp³-hybridized carbons (Fsp3) is 0.692. The van der Waals surface area contributed by atoms with Gasteiger partial charge in [0.05, 0.1) is 4.92 Å². The predicted molar refractivity (Wildman–Crippen MR) is 73.6 cm³/mol. The molecular formula is C13H20N4O3. The molecule has 7 nitrogen and oxygen atoms in total. The minimum atomic E-state index is -0.537. The van der Waals surface area contributed by atoms with Gasteiger partial charge in [-0.25, -0.2) is 0 Å². The van der Waals surface area contributed by atoms with E-state index in [4.69, 9.17) is 0 Å². The first kappa shape index (κ1) is 14.5. The van der Waals surface area contributed by atoms with E-state index in [1.807, 2.05) is 0 Å². The van der Waals surface area contributed by atoms with Gasteiger partial charge >= 0.3 is 5.69 Å². The second-order valence-electron chi connectivity index (χ2n) is 5.33. The van der Waals surface area contributed by atoms with Gasteiger partial charge in [0.15, 0.2) is 0 Å². The largest absolute Gasteiger partial charge is 0.348 e. The lowest BCUT2D eigenvalue weighted by Crippen LogP contribution is -2.35. The highest BCUT2D eigenvalue weighted by Gasteiger charge is 2.30. The smallest absolute Gasteiger partial charge is 0.322 e. The van der Waals surface area contributed by atoms with Crippen LogP contribution in [-0.2, 0) is 7.05 Å². The van der Waals surface area contributed by atoms with E-state index in [2.05, 4.69) is 10.4 Å². The fourth-order valence-corrected chi connectivity index (χ4v) is 2.80. The summed E-state index contributed by atoms with van der Waals surface area (Å²) >= 11 is 0. The average molecular weight is 280 g/mol. The first-order valence-electron chi connectivity index (χ1n) is 6.99. The number of nitrogens with zero attached hydrogens (tertiary/aromatic N) is 3. The molecule has 0 atom stereocenters. The number of nitro groups is 1. The number of aromatic nitrogens is 2. The molecular weight excluding hydrogens is 260 g/mol. The maximum atomic E-state index is 12.3. The van der Waals surface area contributed by atoms with Crippen molar-refractivity contribution in [1.82, 2.24) is 15.1 Å². The van der Waals surface area contributed by atoms with E-state index in [0.717, 1.165) is 25.7 Å². The Labute approximate surface area is 117 Å².